The number of pyridine rings is 1. The second-order valence-electron chi connectivity index (χ2n) is 3.78. The Morgan fingerprint density at radius 2 is 2.10 bits per heavy atom. The fraction of sp³-hybridized carbons (Fsp3) is 0.455. The van der Waals surface area contributed by atoms with Crippen molar-refractivity contribution in [3.05, 3.63) is 23.9 Å². The average Bonchev–Trinajstić information content (AvgIpc) is 2.43. The molecule has 7 nitrogen and oxygen atoms in total. The quantitative estimate of drug-likeness (QED) is 0.555. The number of nitrogens with zero attached hydrogens (tertiary/aromatic N) is 1. The zero-order valence-electron chi connectivity index (χ0n) is 10.7. The van der Waals surface area contributed by atoms with Crippen molar-refractivity contribution in [3.63, 3.8) is 0 Å². The van der Waals surface area contributed by atoms with Gasteiger partial charge in [0, 0.05) is 25.1 Å². The van der Waals surface area contributed by atoms with Gasteiger partial charge in [-0.15, -0.1) is 0 Å². The van der Waals surface area contributed by atoms with Crippen molar-refractivity contribution < 1.29 is 23.4 Å². The SMILES string of the molecule is O=C(O)c1ccc(S(=O)(=O)NCCSCCCO)nc1. The second-order valence-corrected chi connectivity index (χ2v) is 6.72. The lowest BCUT2D eigenvalue weighted by Gasteiger charge is -2.06. The van der Waals surface area contributed by atoms with E-state index in [0.29, 0.717) is 12.2 Å². The Hall–Kier alpha value is -1.16. The molecule has 1 heterocycles. The molecule has 0 atom stereocenters. The number of nitrogens with one attached hydrogen (secondary N) is 1. The molecule has 0 aliphatic heterocycles. The first-order chi connectivity index (χ1) is 9.47. The number of aromatic nitrogens is 1. The number of rotatable bonds is 9. The second kappa shape index (κ2) is 8.20. The molecule has 0 aromatic carbocycles. The lowest BCUT2D eigenvalue weighted by Crippen LogP contribution is -2.27. The third-order valence-corrected chi connectivity index (χ3v) is 4.69. The first-order valence-electron chi connectivity index (χ1n) is 5.85. The summed E-state index contributed by atoms with van der Waals surface area (Å²) in [4.78, 5) is 14.3. The molecule has 0 aliphatic rings. The molecule has 1 aromatic heterocycles. The van der Waals surface area contributed by atoms with Crippen LogP contribution >= 0.6 is 11.8 Å². The molecule has 0 amide bonds. The third-order valence-electron chi connectivity index (χ3n) is 2.24. The van der Waals surface area contributed by atoms with Gasteiger partial charge in [-0.25, -0.2) is 22.9 Å². The lowest BCUT2D eigenvalue weighted by atomic mass is 10.3. The van der Waals surface area contributed by atoms with Crippen LogP contribution in [0.25, 0.3) is 0 Å². The van der Waals surface area contributed by atoms with E-state index in [-0.39, 0.29) is 23.7 Å². The Morgan fingerprint density at radius 1 is 1.35 bits per heavy atom. The van der Waals surface area contributed by atoms with Crippen molar-refractivity contribution in [2.45, 2.75) is 11.4 Å². The highest BCUT2D eigenvalue weighted by atomic mass is 32.2. The molecule has 0 radical (unpaired) electrons. The van der Waals surface area contributed by atoms with Crippen molar-refractivity contribution in [1.29, 1.82) is 0 Å². The van der Waals surface area contributed by atoms with Gasteiger partial charge in [0.2, 0.25) is 0 Å². The Labute approximate surface area is 121 Å². The number of carboxylic acids is 1. The van der Waals surface area contributed by atoms with Gasteiger partial charge in [0.25, 0.3) is 10.0 Å². The molecule has 1 rings (SSSR count). The molecule has 0 bridgehead atoms. The maximum atomic E-state index is 11.8. The van der Waals surface area contributed by atoms with Crippen LogP contribution in [-0.2, 0) is 10.0 Å². The third kappa shape index (κ3) is 5.45. The molecule has 0 spiro atoms. The minimum absolute atomic E-state index is 0.0662. The number of aliphatic hydroxyl groups excluding tert-OH is 1. The first-order valence-corrected chi connectivity index (χ1v) is 8.49. The summed E-state index contributed by atoms with van der Waals surface area (Å²) in [7, 11) is -3.71. The number of hydrogen-bond donors (Lipinski definition) is 3. The Bertz CT molecular complexity index is 530. The summed E-state index contributed by atoms with van der Waals surface area (Å²) >= 11 is 1.54. The Balaban J connectivity index is 2.49. The maximum Gasteiger partial charge on any atom is 0.337 e. The lowest BCUT2D eigenvalue weighted by molar-refractivity contribution is 0.0696. The van der Waals surface area contributed by atoms with Crippen LogP contribution in [0.2, 0.25) is 0 Å². The van der Waals surface area contributed by atoms with E-state index in [1.165, 1.54) is 17.8 Å². The minimum Gasteiger partial charge on any atom is -0.478 e. The molecule has 112 valence electrons. The Kier molecular flexibility index (Phi) is 6.93. The summed E-state index contributed by atoms with van der Waals surface area (Å²) in [6.07, 6.45) is 1.68. The standard InChI is InChI=1S/C11H16N2O5S2/c14-5-1-6-19-7-4-13-20(17,18)10-3-2-9(8-12-10)11(15)16/h2-3,8,13-14H,1,4-7H2,(H,15,16). The monoisotopic (exact) mass is 320 g/mol. The molecule has 0 aliphatic carbocycles. The van der Waals surface area contributed by atoms with E-state index in [2.05, 4.69) is 9.71 Å². The summed E-state index contributed by atoms with van der Waals surface area (Å²) in [5, 5.41) is 17.1. The van der Waals surface area contributed by atoms with Crippen LogP contribution in [-0.4, -0.2) is 54.2 Å². The average molecular weight is 320 g/mol. The zero-order chi connectivity index (χ0) is 15.0. The molecule has 20 heavy (non-hydrogen) atoms. The molecular formula is C11H16N2O5S2. The van der Waals surface area contributed by atoms with E-state index >= 15 is 0 Å². The molecule has 0 saturated heterocycles. The van der Waals surface area contributed by atoms with Crippen molar-refractivity contribution in [3.8, 4) is 0 Å². The van der Waals surface area contributed by atoms with Gasteiger partial charge in [-0.3, -0.25) is 0 Å². The van der Waals surface area contributed by atoms with E-state index < -0.39 is 16.0 Å². The molecule has 0 unspecified atom stereocenters. The summed E-state index contributed by atoms with van der Waals surface area (Å²) in [6.45, 7) is 0.374. The zero-order valence-corrected chi connectivity index (χ0v) is 12.3. The normalized spacial score (nSPS) is 11.4. The van der Waals surface area contributed by atoms with Crippen molar-refractivity contribution >= 4 is 27.8 Å². The topological polar surface area (TPSA) is 117 Å². The fourth-order valence-corrected chi connectivity index (χ4v) is 3.13. The smallest absolute Gasteiger partial charge is 0.337 e. The molecular weight excluding hydrogens is 304 g/mol. The van der Waals surface area contributed by atoms with E-state index in [0.717, 1.165) is 18.0 Å². The number of aromatic carboxylic acids is 1. The fourth-order valence-electron chi connectivity index (χ4n) is 1.26. The van der Waals surface area contributed by atoms with Crippen LogP contribution in [0.4, 0.5) is 0 Å². The van der Waals surface area contributed by atoms with Crippen LogP contribution in [0.1, 0.15) is 16.8 Å². The maximum absolute atomic E-state index is 11.8. The van der Waals surface area contributed by atoms with E-state index in [1.54, 1.807) is 0 Å². The molecule has 3 N–H and O–H groups in total. The van der Waals surface area contributed by atoms with E-state index in [4.69, 9.17) is 10.2 Å². The van der Waals surface area contributed by atoms with E-state index in [1.807, 2.05) is 0 Å². The van der Waals surface area contributed by atoms with Gasteiger partial charge in [0.1, 0.15) is 0 Å². The highest BCUT2D eigenvalue weighted by Gasteiger charge is 2.15. The summed E-state index contributed by atoms with van der Waals surface area (Å²) in [6, 6.07) is 2.35. The number of sulfonamides is 1. The summed E-state index contributed by atoms with van der Waals surface area (Å²) in [5.74, 6) is 0.200. The van der Waals surface area contributed by atoms with Crippen molar-refractivity contribution in [2.24, 2.45) is 0 Å². The molecule has 1 aromatic rings. The molecule has 9 heteroatoms. The van der Waals surface area contributed by atoms with Gasteiger partial charge in [-0.05, 0) is 24.3 Å². The van der Waals surface area contributed by atoms with E-state index in [9.17, 15) is 13.2 Å². The van der Waals surface area contributed by atoms with Gasteiger partial charge in [0.05, 0.1) is 5.56 Å². The highest BCUT2D eigenvalue weighted by molar-refractivity contribution is 7.99. The predicted octanol–water partition coefficient (Wildman–Crippen LogP) is 0.174. The van der Waals surface area contributed by atoms with Crippen LogP contribution in [0.15, 0.2) is 23.4 Å². The number of aliphatic hydroxyl groups is 1. The van der Waals surface area contributed by atoms with Crippen LogP contribution < -0.4 is 4.72 Å². The van der Waals surface area contributed by atoms with Crippen LogP contribution in [0.5, 0.6) is 0 Å². The van der Waals surface area contributed by atoms with Crippen molar-refractivity contribution in [1.82, 2.24) is 9.71 Å². The first kappa shape index (κ1) is 16.9. The number of carbonyl (C=O) groups is 1. The summed E-state index contributed by atoms with van der Waals surface area (Å²) < 4.78 is 26.0. The van der Waals surface area contributed by atoms with Gasteiger partial charge in [-0.2, -0.15) is 11.8 Å². The number of thioether (sulfide) groups is 1. The Morgan fingerprint density at radius 3 is 2.65 bits per heavy atom. The highest BCUT2D eigenvalue weighted by Crippen LogP contribution is 2.07. The van der Waals surface area contributed by atoms with Gasteiger partial charge in [-0.1, -0.05) is 0 Å². The van der Waals surface area contributed by atoms with Gasteiger partial charge >= 0.3 is 5.97 Å². The molecule has 0 fully saturated rings. The van der Waals surface area contributed by atoms with Crippen LogP contribution in [0, 0.1) is 0 Å². The van der Waals surface area contributed by atoms with Gasteiger partial charge < -0.3 is 10.2 Å². The number of hydrogen-bond acceptors (Lipinski definition) is 6. The minimum atomic E-state index is -3.71. The van der Waals surface area contributed by atoms with Crippen LogP contribution in [0.3, 0.4) is 0 Å². The largest absolute Gasteiger partial charge is 0.478 e. The predicted molar refractivity (Wildman–Crippen MR) is 75.4 cm³/mol. The number of carboxylic acid groups (broad SMARTS) is 1. The van der Waals surface area contributed by atoms with Crippen molar-refractivity contribution in [2.75, 3.05) is 24.7 Å². The van der Waals surface area contributed by atoms with Gasteiger partial charge in [0.15, 0.2) is 5.03 Å². The summed E-state index contributed by atoms with van der Waals surface area (Å²) in [5.41, 5.74) is -0.0662. The molecule has 0 saturated carbocycles.